The number of ether oxygens (including phenoxy) is 1. The van der Waals surface area contributed by atoms with Crippen molar-refractivity contribution in [3.63, 3.8) is 0 Å². The molecule has 108 valence electrons. The molecule has 0 aliphatic carbocycles. The Morgan fingerprint density at radius 2 is 2.05 bits per heavy atom. The Morgan fingerprint density at radius 3 is 2.63 bits per heavy atom. The summed E-state index contributed by atoms with van der Waals surface area (Å²) in [6, 6.07) is 5.55. The van der Waals surface area contributed by atoms with Crippen molar-refractivity contribution in [2.24, 2.45) is 0 Å². The molecule has 0 fully saturated rings. The number of sulfonamides is 1. The van der Waals surface area contributed by atoms with Gasteiger partial charge in [0.25, 0.3) is 0 Å². The van der Waals surface area contributed by atoms with Gasteiger partial charge in [0, 0.05) is 20.2 Å². The molecule has 0 saturated heterocycles. The third-order valence-corrected chi connectivity index (χ3v) is 4.32. The maximum absolute atomic E-state index is 12.3. The first kappa shape index (κ1) is 16.1. The largest absolute Gasteiger partial charge is 0.383 e. The summed E-state index contributed by atoms with van der Waals surface area (Å²) >= 11 is 0. The molecule has 1 aromatic carbocycles. The molecule has 0 amide bonds. The van der Waals surface area contributed by atoms with Crippen LogP contribution in [0.3, 0.4) is 0 Å². The molecule has 0 aliphatic heterocycles. The van der Waals surface area contributed by atoms with Crippen molar-refractivity contribution in [1.29, 1.82) is 0 Å². The van der Waals surface area contributed by atoms with Crippen LogP contribution in [0.2, 0.25) is 0 Å². The molecule has 0 heterocycles. The lowest BCUT2D eigenvalue weighted by Crippen LogP contribution is -2.28. The number of rotatable bonds is 8. The lowest BCUT2D eigenvalue weighted by molar-refractivity contribution is 0.204. The van der Waals surface area contributed by atoms with Crippen LogP contribution in [0.1, 0.15) is 18.1 Å². The van der Waals surface area contributed by atoms with Crippen LogP contribution in [-0.2, 0) is 27.7 Å². The van der Waals surface area contributed by atoms with Crippen molar-refractivity contribution >= 4 is 10.0 Å². The highest BCUT2D eigenvalue weighted by Gasteiger charge is 2.17. The molecule has 0 aromatic heterocycles. The first-order chi connectivity index (χ1) is 9.05. The molecule has 6 heteroatoms. The quantitative estimate of drug-likeness (QED) is 0.697. The minimum Gasteiger partial charge on any atom is -0.383 e. The van der Waals surface area contributed by atoms with Crippen molar-refractivity contribution < 1.29 is 13.2 Å². The lowest BCUT2D eigenvalue weighted by Gasteiger charge is -2.12. The monoisotopic (exact) mass is 286 g/mol. The van der Waals surface area contributed by atoms with Gasteiger partial charge in [0.1, 0.15) is 0 Å². The van der Waals surface area contributed by atoms with Crippen LogP contribution in [0, 0.1) is 0 Å². The summed E-state index contributed by atoms with van der Waals surface area (Å²) in [4.78, 5) is 0.360. The van der Waals surface area contributed by atoms with Crippen LogP contribution < -0.4 is 10.0 Å². The molecule has 1 rings (SSSR count). The SMILES string of the molecule is CCc1ccc(CNC)cc1S(=O)(=O)NCCOC. The minimum absolute atomic E-state index is 0.276. The number of hydrogen-bond acceptors (Lipinski definition) is 4. The van der Waals surface area contributed by atoms with E-state index in [2.05, 4.69) is 10.0 Å². The topological polar surface area (TPSA) is 67.4 Å². The molecule has 1 aromatic rings. The first-order valence-corrected chi connectivity index (χ1v) is 7.78. The van der Waals surface area contributed by atoms with Crippen molar-refractivity contribution in [3.8, 4) is 0 Å². The summed E-state index contributed by atoms with van der Waals surface area (Å²) in [6.45, 7) is 3.22. The second kappa shape index (κ2) is 7.59. The summed E-state index contributed by atoms with van der Waals surface area (Å²) in [5.74, 6) is 0. The Hall–Kier alpha value is -0.950. The third kappa shape index (κ3) is 4.58. The van der Waals surface area contributed by atoms with E-state index in [4.69, 9.17) is 4.74 Å². The Kier molecular flexibility index (Phi) is 6.44. The standard InChI is InChI=1S/C13H22N2O3S/c1-4-12-6-5-11(10-14-2)9-13(12)19(16,17)15-7-8-18-3/h5-6,9,14-15H,4,7-8,10H2,1-3H3. The van der Waals surface area contributed by atoms with Crippen LogP contribution in [0.25, 0.3) is 0 Å². The average molecular weight is 286 g/mol. The maximum atomic E-state index is 12.3. The molecule has 0 spiro atoms. The fourth-order valence-corrected chi connectivity index (χ4v) is 3.18. The van der Waals surface area contributed by atoms with E-state index in [1.54, 1.807) is 13.2 Å². The van der Waals surface area contributed by atoms with E-state index in [9.17, 15) is 8.42 Å². The van der Waals surface area contributed by atoms with Crippen LogP contribution in [0.4, 0.5) is 0 Å². The van der Waals surface area contributed by atoms with Gasteiger partial charge >= 0.3 is 0 Å². The molecular weight excluding hydrogens is 264 g/mol. The van der Waals surface area contributed by atoms with E-state index in [1.807, 2.05) is 26.1 Å². The molecule has 0 atom stereocenters. The van der Waals surface area contributed by atoms with E-state index < -0.39 is 10.0 Å². The van der Waals surface area contributed by atoms with Crippen LogP contribution in [0.5, 0.6) is 0 Å². The Labute approximate surface area is 115 Å². The fourth-order valence-electron chi connectivity index (χ4n) is 1.81. The van der Waals surface area contributed by atoms with E-state index in [-0.39, 0.29) is 6.54 Å². The van der Waals surface area contributed by atoms with E-state index in [1.165, 1.54) is 0 Å². The van der Waals surface area contributed by atoms with Gasteiger partial charge in [0.05, 0.1) is 11.5 Å². The smallest absolute Gasteiger partial charge is 0.240 e. The van der Waals surface area contributed by atoms with Crippen molar-refractivity contribution in [3.05, 3.63) is 29.3 Å². The number of methoxy groups -OCH3 is 1. The van der Waals surface area contributed by atoms with Gasteiger partial charge in [-0.05, 0) is 30.7 Å². The van der Waals surface area contributed by atoms with E-state index in [0.29, 0.717) is 24.5 Å². The van der Waals surface area contributed by atoms with Gasteiger partial charge in [-0.1, -0.05) is 19.1 Å². The summed E-state index contributed by atoms with van der Waals surface area (Å²) < 4.78 is 31.9. The minimum atomic E-state index is -3.47. The molecule has 0 aliphatic rings. The molecule has 0 unspecified atom stereocenters. The Bertz CT molecular complexity index is 501. The van der Waals surface area contributed by atoms with Gasteiger partial charge in [-0.15, -0.1) is 0 Å². The zero-order valence-electron chi connectivity index (χ0n) is 11.7. The van der Waals surface area contributed by atoms with Gasteiger partial charge in [-0.25, -0.2) is 13.1 Å². The molecule has 0 radical (unpaired) electrons. The Balaban J connectivity index is 3.04. The molecular formula is C13H22N2O3S. The van der Waals surface area contributed by atoms with E-state index in [0.717, 1.165) is 11.1 Å². The van der Waals surface area contributed by atoms with Crippen molar-refractivity contribution in [2.75, 3.05) is 27.3 Å². The van der Waals surface area contributed by atoms with Crippen LogP contribution in [0.15, 0.2) is 23.1 Å². The highest BCUT2D eigenvalue weighted by Crippen LogP contribution is 2.18. The summed E-state index contributed by atoms with van der Waals surface area (Å²) in [5.41, 5.74) is 1.77. The fraction of sp³-hybridized carbons (Fsp3) is 0.538. The molecule has 5 nitrogen and oxygen atoms in total. The highest BCUT2D eigenvalue weighted by atomic mass is 32.2. The predicted octanol–water partition coefficient (Wildman–Crippen LogP) is 0.893. The molecule has 0 saturated carbocycles. The van der Waals surface area contributed by atoms with Crippen LogP contribution in [-0.4, -0.2) is 35.7 Å². The van der Waals surface area contributed by atoms with Crippen molar-refractivity contribution in [1.82, 2.24) is 10.0 Å². The van der Waals surface area contributed by atoms with Gasteiger partial charge in [0.2, 0.25) is 10.0 Å². The molecule has 0 bridgehead atoms. The third-order valence-electron chi connectivity index (χ3n) is 2.78. The van der Waals surface area contributed by atoms with Gasteiger partial charge in [-0.2, -0.15) is 0 Å². The van der Waals surface area contributed by atoms with E-state index >= 15 is 0 Å². The molecule has 19 heavy (non-hydrogen) atoms. The maximum Gasteiger partial charge on any atom is 0.240 e. The predicted molar refractivity (Wildman–Crippen MR) is 75.6 cm³/mol. The second-order valence-electron chi connectivity index (χ2n) is 4.22. The summed E-state index contributed by atoms with van der Waals surface area (Å²) in [5, 5.41) is 3.02. The number of nitrogens with one attached hydrogen (secondary N) is 2. The van der Waals surface area contributed by atoms with Gasteiger partial charge in [0.15, 0.2) is 0 Å². The number of aryl methyl sites for hydroxylation is 1. The van der Waals surface area contributed by atoms with Crippen LogP contribution >= 0.6 is 0 Å². The zero-order chi connectivity index (χ0) is 14.3. The highest BCUT2D eigenvalue weighted by molar-refractivity contribution is 7.89. The Morgan fingerprint density at radius 1 is 1.32 bits per heavy atom. The summed E-state index contributed by atoms with van der Waals surface area (Å²) in [7, 11) is -0.101. The first-order valence-electron chi connectivity index (χ1n) is 6.30. The molecule has 2 N–H and O–H groups in total. The lowest BCUT2D eigenvalue weighted by atomic mass is 10.1. The number of hydrogen-bond donors (Lipinski definition) is 2. The average Bonchev–Trinajstić information content (AvgIpc) is 2.39. The van der Waals surface area contributed by atoms with Crippen molar-refractivity contribution in [2.45, 2.75) is 24.8 Å². The normalized spacial score (nSPS) is 11.7. The number of benzene rings is 1. The van der Waals surface area contributed by atoms with Gasteiger partial charge < -0.3 is 10.1 Å². The van der Waals surface area contributed by atoms with Gasteiger partial charge in [-0.3, -0.25) is 0 Å². The second-order valence-corrected chi connectivity index (χ2v) is 5.95. The zero-order valence-corrected chi connectivity index (χ0v) is 12.5. The summed E-state index contributed by atoms with van der Waals surface area (Å²) in [6.07, 6.45) is 0.681.